The van der Waals surface area contributed by atoms with E-state index in [-0.39, 0.29) is 17.9 Å². The first-order valence-corrected chi connectivity index (χ1v) is 6.87. The summed E-state index contributed by atoms with van der Waals surface area (Å²) in [5, 5.41) is 4.31. The van der Waals surface area contributed by atoms with Crippen LogP contribution in [0.15, 0.2) is 12.1 Å². The van der Waals surface area contributed by atoms with E-state index in [1.165, 1.54) is 0 Å². The van der Waals surface area contributed by atoms with Crippen molar-refractivity contribution in [2.24, 2.45) is 0 Å². The zero-order valence-corrected chi connectivity index (χ0v) is 13.0. The smallest absolute Gasteiger partial charge is 0.185 e. The van der Waals surface area contributed by atoms with E-state index in [1.54, 1.807) is 13.0 Å². The monoisotopic (exact) mass is 333 g/mol. The lowest BCUT2D eigenvalue weighted by Crippen LogP contribution is -2.43. The van der Waals surface area contributed by atoms with Gasteiger partial charge in [-0.05, 0) is 19.1 Å². The molecule has 3 nitrogen and oxygen atoms in total. The highest BCUT2D eigenvalue weighted by Gasteiger charge is 2.21. The zero-order chi connectivity index (χ0) is 14.3. The van der Waals surface area contributed by atoms with E-state index >= 15 is 0 Å². The van der Waals surface area contributed by atoms with Crippen LogP contribution in [-0.2, 0) is 0 Å². The molecule has 0 saturated carbocycles. The van der Waals surface area contributed by atoms with Crippen LogP contribution in [0.3, 0.4) is 0 Å². The lowest BCUT2D eigenvalue weighted by Gasteiger charge is -2.31. The minimum atomic E-state index is -0.918. The molecule has 0 radical (unpaired) electrons. The molecule has 0 amide bonds. The minimum absolute atomic E-state index is 0. The van der Waals surface area contributed by atoms with Gasteiger partial charge in [0.25, 0.3) is 0 Å². The van der Waals surface area contributed by atoms with Crippen LogP contribution in [-0.4, -0.2) is 31.2 Å². The average molecular weight is 334 g/mol. The minimum Gasteiger partial charge on any atom is -0.367 e. The Morgan fingerprint density at radius 1 is 1.24 bits per heavy atom. The molecule has 1 fully saturated rings. The summed E-state index contributed by atoms with van der Waals surface area (Å²) >= 11 is 6.36. The van der Waals surface area contributed by atoms with Crippen molar-refractivity contribution in [2.45, 2.75) is 6.92 Å². The van der Waals surface area contributed by atoms with Gasteiger partial charge in [0.05, 0.1) is 16.4 Å². The molecule has 1 aromatic carbocycles. The molecule has 1 aromatic heterocycles. The summed E-state index contributed by atoms with van der Waals surface area (Å²) < 4.78 is 27.3. The van der Waals surface area contributed by atoms with E-state index in [1.807, 2.05) is 0 Å². The van der Waals surface area contributed by atoms with Crippen molar-refractivity contribution < 1.29 is 8.78 Å². The summed E-state index contributed by atoms with van der Waals surface area (Å²) in [6.45, 7) is 4.93. The summed E-state index contributed by atoms with van der Waals surface area (Å²) in [5.74, 6) is -1.81. The number of pyridine rings is 1. The highest BCUT2D eigenvalue weighted by Crippen LogP contribution is 2.36. The number of fused-ring (bicyclic) bond motifs is 1. The van der Waals surface area contributed by atoms with Gasteiger partial charge in [0, 0.05) is 31.6 Å². The summed E-state index contributed by atoms with van der Waals surface area (Å²) in [6.07, 6.45) is 0. The molecule has 114 valence electrons. The predicted octanol–water partition coefficient (Wildman–Crippen LogP) is 3.31. The van der Waals surface area contributed by atoms with Gasteiger partial charge in [-0.2, -0.15) is 0 Å². The fourth-order valence-electron chi connectivity index (χ4n) is 2.54. The molecule has 21 heavy (non-hydrogen) atoms. The summed E-state index contributed by atoms with van der Waals surface area (Å²) in [7, 11) is 0. The van der Waals surface area contributed by atoms with E-state index in [0.29, 0.717) is 16.1 Å². The van der Waals surface area contributed by atoms with E-state index in [0.717, 1.165) is 37.9 Å². The molecule has 0 unspecified atom stereocenters. The molecule has 1 aliphatic heterocycles. The first kappa shape index (κ1) is 16.2. The molecule has 0 bridgehead atoms. The highest BCUT2D eigenvalue weighted by atomic mass is 35.5. The van der Waals surface area contributed by atoms with Gasteiger partial charge in [0.1, 0.15) is 5.52 Å². The van der Waals surface area contributed by atoms with Gasteiger partial charge in [-0.15, -0.1) is 12.4 Å². The predicted molar refractivity (Wildman–Crippen MR) is 83.7 cm³/mol. The molecule has 2 heterocycles. The number of nitrogens with zero attached hydrogens (tertiary/aromatic N) is 2. The molecule has 3 rings (SSSR count). The number of anilines is 1. The van der Waals surface area contributed by atoms with Crippen LogP contribution in [0, 0.1) is 18.6 Å². The number of aryl methyl sites for hydroxylation is 1. The van der Waals surface area contributed by atoms with Crippen LogP contribution >= 0.6 is 24.0 Å². The maximum Gasteiger partial charge on any atom is 0.185 e. The molecule has 1 aliphatic rings. The maximum absolute atomic E-state index is 13.9. The molecule has 0 spiro atoms. The van der Waals surface area contributed by atoms with E-state index in [4.69, 9.17) is 11.6 Å². The normalized spacial score (nSPS) is 15.1. The third kappa shape index (κ3) is 2.78. The third-order valence-corrected chi connectivity index (χ3v) is 4.01. The second-order valence-electron chi connectivity index (χ2n) is 4.85. The maximum atomic E-state index is 13.9. The van der Waals surface area contributed by atoms with E-state index in [9.17, 15) is 8.78 Å². The third-order valence-electron chi connectivity index (χ3n) is 3.56. The Labute approximate surface area is 132 Å². The molecular weight excluding hydrogens is 319 g/mol. The lowest BCUT2D eigenvalue weighted by molar-refractivity contribution is 0.515. The van der Waals surface area contributed by atoms with E-state index in [2.05, 4.69) is 15.2 Å². The first-order chi connectivity index (χ1) is 9.59. The Bertz CT molecular complexity index is 673. The molecular formula is C14H15Cl2F2N3. The number of piperazine rings is 1. The Balaban J connectivity index is 0.00000161. The number of aromatic nitrogens is 1. The van der Waals surface area contributed by atoms with Crippen LogP contribution < -0.4 is 10.2 Å². The second-order valence-corrected chi connectivity index (χ2v) is 5.23. The van der Waals surface area contributed by atoms with Crippen LogP contribution in [0.2, 0.25) is 5.02 Å². The van der Waals surface area contributed by atoms with Crippen molar-refractivity contribution >= 4 is 40.6 Å². The van der Waals surface area contributed by atoms with Crippen molar-refractivity contribution in [2.75, 3.05) is 31.1 Å². The molecule has 0 aliphatic carbocycles. The largest absolute Gasteiger partial charge is 0.367 e. The average Bonchev–Trinajstić information content (AvgIpc) is 2.46. The molecule has 7 heteroatoms. The summed E-state index contributed by atoms with van der Waals surface area (Å²) in [5.41, 5.74) is 1.30. The number of halogens is 4. The first-order valence-electron chi connectivity index (χ1n) is 6.49. The van der Waals surface area contributed by atoms with Crippen molar-refractivity contribution in [1.29, 1.82) is 0 Å². The Morgan fingerprint density at radius 2 is 1.90 bits per heavy atom. The molecule has 1 N–H and O–H groups in total. The SMILES string of the molecule is Cc1nc2c(F)c(F)ccc2c(N2CCNCC2)c1Cl.Cl. The van der Waals surface area contributed by atoms with Crippen LogP contribution in [0.5, 0.6) is 0 Å². The van der Waals surface area contributed by atoms with Gasteiger partial charge in [0.15, 0.2) is 11.6 Å². The van der Waals surface area contributed by atoms with Crippen molar-refractivity contribution in [3.05, 3.63) is 34.5 Å². The Hall–Kier alpha value is -1.17. The van der Waals surface area contributed by atoms with E-state index < -0.39 is 11.6 Å². The zero-order valence-electron chi connectivity index (χ0n) is 11.4. The molecule has 0 atom stereocenters. The molecule has 1 saturated heterocycles. The number of hydrogen-bond acceptors (Lipinski definition) is 3. The van der Waals surface area contributed by atoms with Gasteiger partial charge < -0.3 is 10.2 Å². The molecule has 2 aromatic rings. The number of hydrogen-bond donors (Lipinski definition) is 1. The number of rotatable bonds is 1. The standard InChI is InChI=1S/C14H14ClF2N3.ClH/c1-8-11(15)14(20-6-4-18-5-7-20)9-2-3-10(16)12(17)13(9)19-8;/h2-3,18H,4-7H2,1H3;1H. The van der Waals surface area contributed by atoms with Crippen LogP contribution in [0.25, 0.3) is 10.9 Å². The fourth-order valence-corrected chi connectivity index (χ4v) is 2.81. The van der Waals surface area contributed by atoms with Gasteiger partial charge in [-0.3, -0.25) is 0 Å². The van der Waals surface area contributed by atoms with Crippen molar-refractivity contribution in [3.8, 4) is 0 Å². The second kappa shape index (κ2) is 6.30. The van der Waals surface area contributed by atoms with Crippen LogP contribution in [0.4, 0.5) is 14.5 Å². The van der Waals surface area contributed by atoms with Crippen molar-refractivity contribution in [3.63, 3.8) is 0 Å². The number of benzene rings is 1. The fraction of sp³-hybridized carbons (Fsp3) is 0.357. The quantitative estimate of drug-likeness (QED) is 0.867. The van der Waals surface area contributed by atoms with Crippen molar-refractivity contribution in [1.82, 2.24) is 10.3 Å². The topological polar surface area (TPSA) is 28.2 Å². The van der Waals surface area contributed by atoms with Gasteiger partial charge >= 0.3 is 0 Å². The summed E-state index contributed by atoms with van der Waals surface area (Å²) in [6, 6.07) is 2.67. The van der Waals surface area contributed by atoms with Gasteiger partial charge in [-0.1, -0.05) is 11.6 Å². The number of nitrogens with one attached hydrogen (secondary N) is 1. The Morgan fingerprint density at radius 3 is 2.57 bits per heavy atom. The summed E-state index contributed by atoms with van der Waals surface area (Å²) in [4.78, 5) is 6.19. The lowest BCUT2D eigenvalue weighted by atomic mass is 10.1. The highest BCUT2D eigenvalue weighted by molar-refractivity contribution is 6.35. The Kier molecular flexibility index (Phi) is 4.86. The van der Waals surface area contributed by atoms with Gasteiger partial charge in [-0.25, -0.2) is 13.8 Å². The van der Waals surface area contributed by atoms with Crippen LogP contribution in [0.1, 0.15) is 5.69 Å². The van der Waals surface area contributed by atoms with Gasteiger partial charge in [0.2, 0.25) is 0 Å².